The maximum atomic E-state index is 4.58. The minimum Gasteiger partial charge on any atom is -0.317 e. The molecule has 1 aromatic heterocycles. The zero-order valence-corrected chi connectivity index (χ0v) is 10.5. The molecular formula is C10H18N2S2. The Labute approximate surface area is 94.5 Å². The van der Waals surface area contributed by atoms with Gasteiger partial charge in [-0.15, -0.1) is 11.3 Å². The van der Waals surface area contributed by atoms with E-state index in [1.807, 2.05) is 11.8 Å². The molecule has 0 bridgehead atoms. The van der Waals surface area contributed by atoms with Gasteiger partial charge in [-0.1, -0.05) is 13.8 Å². The third-order valence-electron chi connectivity index (χ3n) is 1.84. The number of thiazole rings is 1. The molecule has 0 amide bonds. The fourth-order valence-electron chi connectivity index (χ4n) is 1.11. The third-order valence-corrected chi connectivity index (χ3v) is 3.80. The number of nitrogens with one attached hydrogen (secondary N) is 1. The van der Waals surface area contributed by atoms with Gasteiger partial charge in [0, 0.05) is 24.1 Å². The molecule has 0 fully saturated rings. The van der Waals surface area contributed by atoms with Crippen LogP contribution in [0.4, 0.5) is 0 Å². The molecular weight excluding hydrogens is 212 g/mol. The molecule has 0 aliphatic carbocycles. The van der Waals surface area contributed by atoms with Crippen LogP contribution in [-0.4, -0.2) is 23.8 Å². The highest BCUT2D eigenvalue weighted by molar-refractivity contribution is 7.98. The van der Waals surface area contributed by atoms with E-state index in [-0.39, 0.29) is 0 Å². The van der Waals surface area contributed by atoms with Gasteiger partial charge in [-0.25, -0.2) is 4.98 Å². The van der Waals surface area contributed by atoms with Crippen molar-refractivity contribution in [2.24, 2.45) is 0 Å². The van der Waals surface area contributed by atoms with Gasteiger partial charge in [-0.3, -0.25) is 0 Å². The van der Waals surface area contributed by atoms with Gasteiger partial charge in [0.1, 0.15) is 5.01 Å². The van der Waals surface area contributed by atoms with Gasteiger partial charge in [-0.05, 0) is 12.3 Å². The molecule has 14 heavy (non-hydrogen) atoms. The van der Waals surface area contributed by atoms with Crippen LogP contribution in [0.3, 0.4) is 0 Å². The molecule has 0 unspecified atom stereocenters. The Bertz CT molecular complexity index is 248. The molecule has 2 nitrogen and oxygen atoms in total. The zero-order valence-electron chi connectivity index (χ0n) is 8.88. The fourth-order valence-corrected chi connectivity index (χ4v) is 2.69. The van der Waals surface area contributed by atoms with E-state index >= 15 is 0 Å². The molecule has 0 aliphatic heterocycles. The molecule has 0 radical (unpaired) electrons. The molecule has 0 aliphatic rings. The Balaban J connectivity index is 2.27. The molecule has 0 atom stereocenters. The highest BCUT2D eigenvalue weighted by atomic mass is 32.2. The van der Waals surface area contributed by atoms with Crippen molar-refractivity contribution >= 4 is 23.1 Å². The topological polar surface area (TPSA) is 24.9 Å². The van der Waals surface area contributed by atoms with E-state index in [1.54, 1.807) is 11.3 Å². The summed E-state index contributed by atoms with van der Waals surface area (Å²) in [5.41, 5.74) is 1.24. The molecule has 4 heteroatoms. The summed E-state index contributed by atoms with van der Waals surface area (Å²) < 4.78 is 0. The third kappa shape index (κ3) is 4.44. The van der Waals surface area contributed by atoms with Crippen molar-refractivity contribution in [2.45, 2.75) is 26.0 Å². The normalized spacial score (nSPS) is 10.7. The average molecular weight is 230 g/mol. The van der Waals surface area contributed by atoms with Crippen LogP contribution in [0.1, 0.15) is 24.5 Å². The molecule has 80 valence electrons. The van der Waals surface area contributed by atoms with Crippen molar-refractivity contribution in [1.29, 1.82) is 0 Å². The lowest BCUT2D eigenvalue weighted by Gasteiger charge is -1.97. The van der Waals surface area contributed by atoms with E-state index in [2.05, 4.69) is 29.5 Å². The first-order valence-corrected chi connectivity index (χ1v) is 7.12. The number of hydrogen-bond acceptors (Lipinski definition) is 4. The van der Waals surface area contributed by atoms with Crippen LogP contribution in [0, 0.1) is 0 Å². The highest BCUT2D eigenvalue weighted by Crippen LogP contribution is 2.16. The van der Waals surface area contributed by atoms with E-state index in [0.29, 0.717) is 0 Å². The largest absolute Gasteiger partial charge is 0.317 e. The minimum atomic E-state index is 1.04. The lowest BCUT2D eigenvalue weighted by Crippen LogP contribution is -2.16. The molecule has 0 spiro atoms. The quantitative estimate of drug-likeness (QED) is 0.729. The van der Waals surface area contributed by atoms with E-state index in [1.165, 1.54) is 16.5 Å². The molecule has 0 aromatic carbocycles. The van der Waals surface area contributed by atoms with Crippen LogP contribution in [0.2, 0.25) is 0 Å². The van der Waals surface area contributed by atoms with E-state index in [9.17, 15) is 0 Å². The van der Waals surface area contributed by atoms with Crippen LogP contribution < -0.4 is 5.32 Å². The summed E-state index contributed by atoms with van der Waals surface area (Å²) in [6.45, 7) is 6.40. The summed E-state index contributed by atoms with van der Waals surface area (Å²) in [5, 5.41) is 6.76. The van der Waals surface area contributed by atoms with Gasteiger partial charge < -0.3 is 5.32 Å². The first kappa shape index (κ1) is 12.0. The van der Waals surface area contributed by atoms with Crippen LogP contribution in [-0.2, 0) is 12.2 Å². The second kappa shape index (κ2) is 7.26. The Morgan fingerprint density at radius 3 is 3.07 bits per heavy atom. The Morgan fingerprint density at radius 1 is 1.50 bits per heavy atom. The zero-order chi connectivity index (χ0) is 10.2. The molecule has 0 saturated carbocycles. The second-order valence-electron chi connectivity index (χ2n) is 2.97. The van der Waals surface area contributed by atoms with E-state index in [4.69, 9.17) is 0 Å². The maximum Gasteiger partial charge on any atom is 0.103 e. The van der Waals surface area contributed by atoms with Crippen molar-refractivity contribution in [3.63, 3.8) is 0 Å². The lowest BCUT2D eigenvalue weighted by molar-refractivity contribution is 0.709. The Kier molecular flexibility index (Phi) is 6.23. The molecule has 1 aromatic rings. The van der Waals surface area contributed by atoms with Crippen LogP contribution >= 0.6 is 23.1 Å². The lowest BCUT2D eigenvalue weighted by atomic mass is 10.3. The van der Waals surface area contributed by atoms with Gasteiger partial charge in [0.15, 0.2) is 0 Å². The van der Waals surface area contributed by atoms with Crippen molar-refractivity contribution in [2.75, 3.05) is 18.8 Å². The summed E-state index contributed by atoms with van der Waals surface area (Å²) in [6, 6.07) is 0. The summed E-state index contributed by atoms with van der Waals surface area (Å²) in [7, 11) is 0. The molecule has 1 heterocycles. The van der Waals surface area contributed by atoms with Gasteiger partial charge in [0.2, 0.25) is 0 Å². The summed E-state index contributed by atoms with van der Waals surface area (Å²) in [6.07, 6.45) is 1.06. The van der Waals surface area contributed by atoms with Crippen molar-refractivity contribution in [3.8, 4) is 0 Å². The molecule has 1 N–H and O–H groups in total. The SMILES string of the molecule is CCNCCc1csc(CSCC)n1. The average Bonchev–Trinajstić information content (AvgIpc) is 2.63. The highest BCUT2D eigenvalue weighted by Gasteiger charge is 2.00. The number of likely N-dealkylation sites (N-methyl/N-ethyl adjacent to an activating group) is 1. The Morgan fingerprint density at radius 2 is 2.36 bits per heavy atom. The first-order chi connectivity index (χ1) is 6.86. The van der Waals surface area contributed by atoms with Gasteiger partial charge >= 0.3 is 0 Å². The fraction of sp³-hybridized carbons (Fsp3) is 0.700. The predicted molar refractivity (Wildman–Crippen MR) is 66.2 cm³/mol. The summed E-state index contributed by atoms with van der Waals surface area (Å²) >= 11 is 3.72. The van der Waals surface area contributed by atoms with Crippen LogP contribution in [0.15, 0.2) is 5.38 Å². The van der Waals surface area contributed by atoms with Crippen molar-refractivity contribution < 1.29 is 0 Å². The second-order valence-corrected chi connectivity index (χ2v) is 5.19. The van der Waals surface area contributed by atoms with Gasteiger partial charge in [0.05, 0.1) is 5.69 Å². The predicted octanol–water partition coefficient (Wildman–Crippen LogP) is 2.55. The number of aromatic nitrogens is 1. The standard InChI is InChI=1S/C10H18N2S2/c1-3-11-6-5-9-7-14-10(12-9)8-13-4-2/h7,11H,3-6,8H2,1-2H3. The summed E-state index contributed by atoms with van der Waals surface area (Å²) in [4.78, 5) is 4.58. The van der Waals surface area contributed by atoms with Gasteiger partial charge in [-0.2, -0.15) is 11.8 Å². The van der Waals surface area contributed by atoms with E-state index in [0.717, 1.165) is 25.3 Å². The Hall–Kier alpha value is -0.0600. The van der Waals surface area contributed by atoms with Crippen molar-refractivity contribution in [3.05, 3.63) is 16.1 Å². The maximum absolute atomic E-state index is 4.58. The smallest absolute Gasteiger partial charge is 0.103 e. The molecule has 1 rings (SSSR count). The minimum absolute atomic E-state index is 1.04. The van der Waals surface area contributed by atoms with E-state index < -0.39 is 0 Å². The number of hydrogen-bond donors (Lipinski definition) is 1. The molecule has 0 saturated heterocycles. The van der Waals surface area contributed by atoms with Crippen LogP contribution in [0.5, 0.6) is 0 Å². The van der Waals surface area contributed by atoms with Crippen molar-refractivity contribution in [1.82, 2.24) is 10.3 Å². The monoisotopic (exact) mass is 230 g/mol. The van der Waals surface area contributed by atoms with Crippen LogP contribution in [0.25, 0.3) is 0 Å². The number of rotatable bonds is 7. The number of nitrogens with zero attached hydrogens (tertiary/aromatic N) is 1. The first-order valence-electron chi connectivity index (χ1n) is 5.08. The number of thioether (sulfide) groups is 1. The summed E-state index contributed by atoms with van der Waals surface area (Å²) in [5.74, 6) is 2.24. The van der Waals surface area contributed by atoms with Gasteiger partial charge in [0.25, 0.3) is 0 Å².